The Kier molecular flexibility index (Phi) is 5.05. The minimum Gasteiger partial charge on any atom is -0.465 e. The molecule has 1 heterocycles. The van der Waals surface area contributed by atoms with Crippen molar-refractivity contribution in [2.45, 2.75) is 20.3 Å². The Labute approximate surface area is 127 Å². The number of hydrazone groups is 1. The first-order valence-corrected chi connectivity index (χ1v) is 7.39. The summed E-state index contributed by atoms with van der Waals surface area (Å²) in [5, 5.41) is 4.72. The summed E-state index contributed by atoms with van der Waals surface area (Å²) >= 11 is 1.24. The lowest BCUT2D eigenvalue weighted by Gasteiger charge is -1.95. The summed E-state index contributed by atoms with van der Waals surface area (Å²) in [4.78, 5) is 16.5. The van der Waals surface area contributed by atoms with Crippen LogP contribution < -0.4 is 5.43 Å². The molecular formula is C15H17N3O2S. The normalized spacial score (nSPS) is 10.8. The van der Waals surface area contributed by atoms with Crippen molar-refractivity contribution in [3.8, 4) is 0 Å². The van der Waals surface area contributed by atoms with E-state index in [1.54, 1.807) is 6.21 Å². The van der Waals surface area contributed by atoms with Crippen molar-refractivity contribution in [2.75, 3.05) is 12.5 Å². The van der Waals surface area contributed by atoms with Crippen LogP contribution in [0.4, 0.5) is 5.13 Å². The van der Waals surface area contributed by atoms with E-state index < -0.39 is 0 Å². The van der Waals surface area contributed by atoms with Crippen molar-refractivity contribution in [2.24, 2.45) is 5.10 Å². The topological polar surface area (TPSA) is 63.6 Å². The maximum atomic E-state index is 11.6. The maximum Gasteiger partial charge on any atom is 0.350 e. The zero-order valence-electron chi connectivity index (χ0n) is 12.2. The molecule has 1 aromatic heterocycles. The van der Waals surface area contributed by atoms with E-state index >= 15 is 0 Å². The lowest BCUT2D eigenvalue weighted by atomic mass is 10.2. The van der Waals surface area contributed by atoms with Crippen LogP contribution in [0.5, 0.6) is 0 Å². The summed E-state index contributed by atoms with van der Waals surface area (Å²) in [5.41, 5.74) is 5.77. The molecule has 0 unspecified atom stereocenters. The fourth-order valence-electron chi connectivity index (χ4n) is 1.71. The zero-order chi connectivity index (χ0) is 15.2. The second-order valence-electron chi connectivity index (χ2n) is 4.42. The first-order chi connectivity index (χ1) is 10.1. The molecule has 110 valence electrons. The van der Waals surface area contributed by atoms with E-state index in [1.807, 2.05) is 38.1 Å². The summed E-state index contributed by atoms with van der Waals surface area (Å²) in [7, 11) is 1.37. The van der Waals surface area contributed by atoms with Crippen LogP contribution >= 0.6 is 11.3 Å². The molecule has 0 atom stereocenters. The summed E-state index contributed by atoms with van der Waals surface area (Å²) in [5.74, 6) is -0.361. The highest BCUT2D eigenvalue weighted by atomic mass is 32.1. The second kappa shape index (κ2) is 6.99. The van der Waals surface area contributed by atoms with Gasteiger partial charge in [0.15, 0.2) is 0 Å². The Balaban J connectivity index is 2.08. The van der Waals surface area contributed by atoms with E-state index in [9.17, 15) is 4.79 Å². The van der Waals surface area contributed by atoms with E-state index in [4.69, 9.17) is 4.74 Å². The van der Waals surface area contributed by atoms with Crippen molar-refractivity contribution >= 4 is 28.7 Å². The molecule has 0 radical (unpaired) electrons. The van der Waals surface area contributed by atoms with E-state index in [1.165, 1.54) is 24.0 Å². The highest BCUT2D eigenvalue weighted by Crippen LogP contribution is 2.24. The van der Waals surface area contributed by atoms with E-state index in [0.717, 1.165) is 11.3 Å². The lowest BCUT2D eigenvalue weighted by molar-refractivity contribution is 0.0605. The number of thiazole rings is 1. The molecule has 0 amide bonds. The van der Waals surface area contributed by atoms with Gasteiger partial charge in [-0.3, -0.25) is 5.43 Å². The molecule has 2 aromatic rings. The minimum absolute atomic E-state index is 0.361. The van der Waals surface area contributed by atoms with Gasteiger partial charge in [-0.1, -0.05) is 48.1 Å². The van der Waals surface area contributed by atoms with Crippen molar-refractivity contribution in [1.82, 2.24) is 4.98 Å². The quantitative estimate of drug-likeness (QED) is 0.523. The standard InChI is InChI=1S/C15H17N3O2S/c1-4-12-13(14(19)20-3)21-15(17-12)18-16-9-11-7-5-10(2)6-8-11/h5-9H,4H2,1-3H3,(H,17,18)/b16-9-. The van der Waals surface area contributed by atoms with Gasteiger partial charge >= 0.3 is 5.97 Å². The van der Waals surface area contributed by atoms with Crippen molar-refractivity contribution in [1.29, 1.82) is 0 Å². The Bertz CT molecular complexity index is 647. The number of rotatable bonds is 5. The molecule has 0 saturated heterocycles. The minimum atomic E-state index is -0.361. The fourth-order valence-corrected chi connectivity index (χ4v) is 2.63. The zero-order valence-corrected chi connectivity index (χ0v) is 13.0. The Hall–Kier alpha value is -2.21. The van der Waals surface area contributed by atoms with Gasteiger partial charge in [-0.2, -0.15) is 5.10 Å². The third-order valence-electron chi connectivity index (χ3n) is 2.85. The third-order valence-corrected chi connectivity index (χ3v) is 3.84. The molecular weight excluding hydrogens is 286 g/mol. The third kappa shape index (κ3) is 3.88. The highest BCUT2D eigenvalue weighted by molar-refractivity contribution is 7.17. The summed E-state index contributed by atoms with van der Waals surface area (Å²) in [6, 6.07) is 8.02. The molecule has 1 N–H and O–H groups in total. The second-order valence-corrected chi connectivity index (χ2v) is 5.42. The van der Waals surface area contributed by atoms with Gasteiger partial charge < -0.3 is 4.74 Å². The lowest BCUT2D eigenvalue weighted by Crippen LogP contribution is -2.01. The van der Waals surface area contributed by atoms with Gasteiger partial charge in [-0.25, -0.2) is 9.78 Å². The van der Waals surface area contributed by atoms with Gasteiger partial charge in [-0.15, -0.1) is 0 Å². The predicted molar refractivity (Wildman–Crippen MR) is 85.2 cm³/mol. The molecule has 0 aliphatic rings. The molecule has 5 nitrogen and oxygen atoms in total. The maximum absolute atomic E-state index is 11.6. The van der Waals surface area contributed by atoms with Crippen molar-refractivity contribution < 1.29 is 9.53 Å². The van der Waals surface area contributed by atoms with Gasteiger partial charge in [0.05, 0.1) is 19.0 Å². The van der Waals surface area contributed by atoms with Crippen LogP contribution in [-0.4, -0.2) is 24.3 Å². The smallest absolute Gasteiger partial charge is 0.350 e. The van der Waals surface area contributed by atoms with Crippen LogP contribution in [0, 0.1) is 6.92 Å². The van der Waals surface area contributed by atoms with Crippen LogP contribution in [-0.2, 0) is 11.2 Å². The molecule has 0 bridgehead atoms. The number of nitrogens with zero attached hydrogens (tertiary/aromatic N) is 2. The van der Waals surface area contributed by atoms with Crippen LogP contribution in [0.2, 0.25) is 0 Å². The number of aryl methyl sites for hydroxylation is 2. The molecule has 21 heavy (non-hydrogen) atoms. The molecule has 0 aliphatic carbocycles. The fraction of sp³-hybridized carbons (Fsp3) is 0.267. The molecule has 0 fully saturated rings. The van der Waals surface area contributed by atoms with Gasteiger partial charge in [-0.05, 0) is 18.9 Å². The largest absolute Gasteiger partial charge is 0.465 e. The first kappa shape index (κ1) is 15.2. The Morgan fingerprint density at radius 2 is 2.14 bits per heavy atom. The molecule has 1 aromatic carbocycles. The van der Waals surface area contributed by atoms with Crippen LogP contribution in [0.3, 0.4) is 0 Å². The molecule has 0 saturated carbocycles. The molecule has 0 aliphatic heterocycles. The predicted octanol–water partition coefficient (Wildman–Crippen LogP) is 3.25. The number of anilines is 1. The number of carbonyl (C=O) groups excluding carboxylic acids is 1. The van der Waals surface area contributed by atoms with Crippen molar-refractivity contribution in [3.63, 3.8) is 0 Å². The van der Waals surface area contributed by atoms with Crippen molar-refractivity contribution in [3.05, 3.63) is 46.0 Å². The van der Waals surface area contributed by atoms with Gasteiger partial charge in [0.2, 0.25) is 5.13 Å². The number of nitrogens with one attached hydrogen (secondary N) is 1. The average molecular weight is 303 g/mol. The SMILES string of the molecule is CCc1nc(N/N=C\c2ccc(C)cc2)sc1C(=O)OC. The van der Waals surface area contributed by atoms with Crippen LogP contribution in [0.25, 0.3) is 0 Å². The van der Waals surface area contributed by atoms with Gasteiger partial charge in [0, 0.05) is 0 Å². The van der Waals surface area contributed by atoms with Gasteiger partial charge in [0.25, 0.3) is 0 Å². The number of methoxy groups -OCH3 is 1. The summed E-state index contributed by atoms with van der Waals surface area (Å²) in [6.07, 6.45) is 2.38. The molecule has 0 spiro atoms. The van der Waals surface area contributed by atoms with Gasteiger partial charge in [0.1, 0.15) is 4.88 Å². The number of aromatic nitrogens is 1. The Morgan fingerprint density at radius 3 is 2.76 bits per heavy atom. The highest BCUT2D eigenvalue weighted by Gasteiger charge is 2.17. The number of benzene rings is 1. The summed E-state index contributed by atoms with van der Waals surface area (Å²) in [6.45, 7) is 3.98. The van der Waals surface area contributed by atoms with E-state index in [-0.39, 0.29) is 5.97 Å². The number of ether oxygens (including phenoxy) is 1. The molecule has 6 heteroatoms. The van der Waals surface area contributed by atoms with Crippen LogP contribution in [0.15, 0.2) is 29.4 Å². The number of hydrogen-bond donors (Lipinski definition) is 1. The van der Waals surface area contributed by atoms with E-state index in [2.05, 4.69) is 15.5 Å². The average Bonchev–Trinajstić information content (AvgIpc) is 2.92. The number of carbonyl (C=O) groups is 1. The van der Waals surface area contributed by atoms with Crippen LogP contribution in [0.1, 0.15) is 33.4 Å². The number of esters is 1. The monoisotopic (exact) mass is 303 g/mol. The number of hydrogen-bond acceptors (Lipinski definition) is 6. The molecule has 2 rings (SSSR count). The van der Waals surface area contributed by atoms with E-state index in [0.29, 0.717) is 16.4 Å². The first-order valence-electron chi connectivity index (χ1n) is 6.57. The Morgan fingerprint density at radius 1 is 1.43 bits per heavy atom. The summed E-state index contributed by atoms with van der Waals surface area (Å²) < 4.78 is 4.74.